The number of benzene rings is 2. The zero-order chi connectivity index (χ0) is 23.1. The van der Waals surface area contributed by atoms with Gasteiger partial charge in [-0.05, 0) is 26.0 Å². The first-order chi connectivity index (χ1) is 15.9. The molecule has 0 spiro atoms. The molecule has 166 valence electrons. The van der Waals surface area contributed by atoms with E-state index in [1.54, 1.807) is 0 Å². The van der Waals surface area contributed by atoms with Crippen LogP contribution < -0.4 is 5.32 Å². The molecular weight excluding hydrogens is 444 g/mol. The third-order valence-electron chi connectivity index (χ3n) is 5.28. The normalized spacial score (nSPS) is 15.6. The number of nitrogens with one attached hydrogen (secondary N) is 1. The maximum absolute atomic E-state index is 14.9. The van der Waals surface area contributed by atoms with Gasteiger partial charge in [-0.1, -0.05) is 36.4 Å². The molecule has 9 heteroatoms. The molecule has 3 heterocycles. The van der Waals surface area contributed by atoms with Gasteiger partial charge in [0.2, 0.25) is 5.91 Å². The molecule has 0 saturated carbocycles. The zero-order valence-corrected chi connectivity index (χ0v) is 18.7. The third-order valence-corrected chi connectivity index (χ3v) is 6.53. The van der Waals surface area contributed by atoms with E-state index in [0.29, 0.717) is 23.0 Å². The van der Waals surface area contributed by atoms with Gasteiger partial charge in [0.1, 0.15) is 17.5 Å². The van der Waals surface area contributed by atoms with Crippen LogP contribution in [0, 0.1) is 25.5 Å². The highest BCUT2D eigenvalue weighted by Crippen LogP contribution is 2.47. The van der Waals surface area contributed by atoms with Gasteiger partial charge < -0.3 is 5.32 Å². The van der Waals surface area contributed by atoms with Gasteiger partial charge in [-0.25, -0.2) is 18.7 Å². The van der Waals surface area contributed by atoms with E-state index in [9.17, 15) is 13.6 Å². The van der Waals surface area contributed by atoms with E-state index < -0.39 is 16.9 Å². The Hall–Kier alpha value is -3.59. The van der Waals surface area contributed by atoms with Crippen LogP contribution in [0.5, 0.6) is 0 Å². The minimum Gasteiger partial charge on any atom is -0.309 e. The molecular formula is C24H19F2N5OS. The van der Waals surface area contributed by atoms with Crippen LogP contribution in [-0.4, -0.2) is 31.4 Å². The standard InChI is InChI=1S/C24H19F2N5OS/c1-13-10-14(2)28-24(27-13)31-23-20(21(30-31)15-6-4-3-5-7-15)22(33-12-19(32)29-23)17-9-8-16(25)11-18(17)26/h3-11,22H,12H2,1-2H3,(H,29,32)/t22-/m0/s1. The maximum atomic E-state index is 14.9. The summed E-state index contributed by atoms with van der Waals surface area (Å²) in [5, 5.41) is 7.09. The van der Waals surface area contributed by atoms with Gasteiger partial charge in [-0.2, -0.15) is 9.78 Å². The smallest absolute Gasteiger partial charge is 0.252 e. The van der Waals surface area contributed by atoms with Crippen LogP contribution in [0.3, 0.4) is 0 Å². The van der Waals surface area contributed by atoms with Crippen molar-refractivity contribution in [2.45, 2.75) is 19.1 Å². The van der Waals surface area contributed by atoms with E-state index in [4.69, 9.17) is 5.10 Å². The first-order valence-corrected chi connectivity index (χ1v) is 11.3. The largest absolute Gasteiger partial charge is 0.309 e. The third kappa shape index (κ3) is 4.00. The van der Waals surface area contributed by atoms with Gasteiger partial charge in [0.15, 0.2) is 0 Å². The van der Waals surface area contributed by atoms with Crippen LogP contribution in [0.25, 0.3) is 17.2 Å². The zero-order valence-electron chi connectivity index (χ0n) is 17.8. The first-order valence-electron chi connectivity index (χ1n) is 10.3. The van der Waals surface area contributed by atoms with Crippen LogP contribution >= 0.6 is 11.8 Å². The molecule has 0 aliphatic carbocycles. The summed E-state index contributed by atoms with van der Waals surface area (Å²) >= 11 is 1.26. The van der Waals surface area contributed by atoms with Crippen LogP contribution in [0.1, 0.15) is 27.8 Å². The summed E-state index contributed by atoms with van der Waals surface area (Å²) in [4.78, 5) is 21.7. The van der Waals surface area contributed by atoms with Gasteiger partial charge >= 0.3 is 0 Å². The second-order valence-corrected chi connectivity index (χ2v) is 8.84. The quantitative estimate of drug-likeness (QED) is 0.463. The Morgan fingerprint density at radius 2 is 1.76 bits per heavy atom. The van der Waals surface area contributed by atoms with Crippen molar-refractivity contribution in [2.75, 3.05) is 11.1 Å². The highest BCUT2D eigenvalue weighted by Gasteiger charge is 2.34. The molecule has 2 aromatic heterocycles. The Kier molecular flexibility index (Phi) is 5.41. The summed E-state index contributed by atoms with van der Waals surface area (Å²) < 4.78 is 30.1. The molecule has 1 aliphatic rings. The second-order valence-electron chi connectivity index (χ2n) is 7.74. The lowest BCUT2D eigenvalue weighted by Crippen LogP contribution is -2.17. The van der Waals surface area contributed by atoms with Crippen molar-refractivity contribution >= 4 is 23.5 Å². The van der Waals surface area contributed by atoms with Crippen molar-refractivity contribution in [3.63, 3.8) is 0 Å². The Balaban J connectivity index is 1.82. The molecule has 0 saturated heterocycles. The average Bonchev–Trinajstić information content (AvgIpc) is 3.05. The highest BCUT2D eigenvalue weighted by molar-refractivity contribution is 8.00. The fourth-order valence-electron chi connectivity index (χ4n) is 3.92. The van der Waals surface area contributed by atoms with Crippen molar-refractivity contribution in [1.82, 2.24) is 19.7 Å². The number of rotatable bonds is 3. The van der Waals surface area contributed by atoms with Crippen molar-refractivity contribution in [3.05, 3.63) is 88.7 Å². The molecule has 2 aromatic carbocycles. The van der Waals surface area contributed by atoms with Crippen LogP contribution in [0.15, 0.2) is 54.6 Å². The molecule has 1 N–H and O–H groups in total. The summed E-state index contributed by atoms with van der Waals surface area (Å²) in [5.41, 5.74) is 3.75. The van der Waals surface area contributed by atoms with E-state index in [0.717, 1.165) is 23.0 Å². The number of aryl methyl sites for hydroxylation is 2. The predicted molar refractivity (Wildman–Crippen MR) is 123 cm³/mol. The number of hydrogen-bond donors (Lipinski definition) is 1. The minimum atomic E-state index is -0.679. The molecule has 0 radical (unpaired) electrons. The topological polar surface area (TPSA) is 72.7 Å². The van der Waals surface area contributed by atoms with E-state index >= 15 is 0 Å². The number of nitrogens with zero attached hydrogens (tertiary/aromatic N) is 4. The molecule has 0 unspecified atom stereocenters. The second kappa shape index (κ2) is 8.40. The van der Waals surface area contributed by atoms with Gasteiger partial charge in [-0.15, -0.1) is 11.8 Å². The van der Waals surface area contributed by atoms with Gasteiger partial charge in [-0.3, -0.25) is 4.79 Å². The van der Waals surface area contributed by atoms with E-state index in [2.05, 4.69) is 15.3 Å². The Labute approximate surface area is 193 Å². The van der Waals surface area contributed by atoms with Crippen LogP contribution in [0.2, 0.25) is 0 Å². The number of hydrogen-bond acceptors (Lipinski definition) is 5. The van der Waals surface area contributed by atoms with Crippen molar-refractivity contribution in [2.24, 2.45) is 0 Å². The predicted octanol–water partition coefficient (Wildman–Crippen LogP) is 5.00. The van der Waals surface area contributed by atoms with Crippen molar-refractivity contribution in [3.8, 4) is 17.2 Å². The molecule has 0 fully saturated rings. The minimum absolute atomic E-state index is 0.0953. The summed E-state index contributed by atoms with van der Waals surface area (Å²) in [6, 6.07) is 14.8. The van der Waals surface area contributed by atoms with Crippen LogP contribution in [-0.2, 0) is 4.79 Å². The number of thioether (sulfide) groups is 1. The fourth-order valence-corrected chi connectivity index (χ4v) is 5.08. The monoisotopic (exact) mass is 463 g/mol. The fraction of sp³-hybridized carbons (Fsp3) is 0.167. The Morgan fingerprint density at radius 3 is 2.45 bits per heavy atom. The number of anilines is 1. The van der Waals surface area contributed by atoms with Crippen molar-refractivity contribution in [1.29, 1.82) is 0 Å². The van der Waals surface area contributed by atoms with Gasteiger partial charge in [0.25, 0.3) is 5.95 Å². The number of carbonyl (C=O) groups is 1. The average molecular weight is 464 g/mol. The Morgan fingerprint density at radius 1 is 1.03 bits per heavy atom. The summed E-state index contributed by atoms with van der Waals surface area (Å²) in [6.07, 6.45) is 0. The number of fused-ring (bicyclic) bond motifs is 1. The lowest BCUT2D eigenvalue weighted by atomic mass is 9.99. The maximum Gasteiger partial charge on any atom is 0.252 e. The molecule has 1 amide bonds. The molecule has 1 aliphatic heterocycles. The van der Waals surface area contributed by atoms with Crippen molar-refractivity contribution < 1.29 is 13.6 Å². The number of halogens is 2. The van der Waals surface area contributed by atoms with E-state index in [1.807, 2.05) is 50.2 Å². The molecule has 5 rings (SSSR count). The molecule has 0 bridgehead atoms. The summed E-state index contributed by atoms with van der Waals surface area (Å²) in [6.45, 7) is 3.70. The van der Waals surface area contributed by atoms with Gasteiger partial charge in [0, 0.05) is 34.1 Å². The van der Waals surface area contributed by atoms with Crippen LogP contribution in [0.4, 0.5) is 14.6 Å². The SMILES string of the molecule is Cc1cc(C)nc(-n2nc(-c3ccccc3)c3c2NC(=O)CS[C@H]3c2ccc(F)cc2F)n1. The van der Waals surface area contributed by atoms with E-state index in [-0.39, 0.29) is 17.2 Å². The molecule has 4 aromatic rings. The lowest BCUT2D eigenvalue weighted by Gasteiger charge is -2.17. The number of amides is 1. The number of carbonyl (C=O) groups excluding carboxylic acids is 1. The Bertz CT molecular complexity index is 1350. The lowest BCUT2D eigenvalue weighted by molar-refractivity contribution is -0.113. The molecule has 1 atom stereocenters. The molecule has 33 heavy (non-hydrogen) atoms. The number of aromatic nitrogens is 4. The first kappa shape index (κ1) is 21.3. The summed E-state index contributed by atoms with van der Waals surface area (Å²) in [5.74, 6) is -0.817. The summed E-state index contributed by atoms with van der Waals surface area (Å²) in [7, 11) is 0. The molecule has 6 nitrogen and oxygen atoms in total. The van der Waals surface area contributed by atoms with E-state index in [1.165, 1.54) is 28.6 Å². The van der Waals surface area contributed by atoms with Gasteiger partial charge in [0.05, 0.1) is 16.7 Å². The highest BCUT2D eigenvalue weighted by atomic mass is 32.2.